The predicted molar refractivity (Wildman–Crippen MR) is 71.1 cm³/mol. The molecule has 0 bridgehead atoms. The smallest absolute Gasteiger partial charge is 0.0577 e. The van der Waals surface area contributed by atoms with Crippen LogP contribution in [0.3, 0.4) is 0 Å². The van der Waals surface area contributed by atoms with Gasteiger partial charge in [-0.05, 0) is 40.0 Å². The molecule has 2 N–H and O–H groups in total. The summed E-state index contributed by atoms with van der Waals surface area (Å²) in [5.41, 5.74) is -0.0230. The Morgan fingerprint density at radius 2 is 1.88 bits per heavy atom. The topological polar surface area (TPSA) is 41.5 Å². The van der Waals surface area contributed by atoms with Crippen LogP contribution in [-0.4, -0.2) is 36.0 Å². The molecule has 1 aliphatic heterocycles. The average molecular weight is 243 g/mol. The number of ether oxygens (including phenoxy) is 1. The van der Waals surface area contributed by atoms with Gasteiger partial charge in [-0.1, -0.05) is 13.8 Å². The van der Waals surface area contributed by atoms with Crippen molar-refractivity contribution in [2.45, 2.75) is 78.2 Å². The molecule has 0 amide bonds. The van der Waals surface area contributed by atoms with E-state index in [1.54, 1.807) is 0 Å². The molecule has 1 saturated heterocycles. The molecule has 1 fully saturated rings. The van der Waals surface area contributed by atoms with E-state index in [2.05, 4.69) is 33.0 Å². The normalized spacial score (nSPS) is 35.3. The minimum absolute atomic E-state index is 0.0230. The Bertz CT molecular complexity index is 222. The van der Waals surface area contributed by atoms with Crippen molar-refractivity contribution in [2.75, 3.05) is 6.54 Å². The van der Waals surface area contributed by atoms with Crippen molar-refractivity contribution >= 4 is 0 Å². The van der Waals surface area contributed by atoms with Crippen LogP contribution >= 0.6 is 0 Å². The van der Waals surface area contributed by atoms with E-state index in [1.807, 2.05) is 6.92 Å². The van der Waals surface area contributed by atoms with Crippen molar-refractivity contribution in [2.24, 2.45) is 5.41 Å². The Morgan fingerprint density at radius 1 is 1.35 bits per heavy atom. The quantitative estimate of drug-likeness (QED) is 0.778. The van der Waals surface area contributed by atoms with Crippen molar-refractivity contribution in [3.8, 4) is 0 Å². The zero-order valence-corrected chi connectivity index (χ0v) is 12.0. The fourth-order valence-electron chi connectivity index (χ4n) is 2.52. The first-order chi connectivity index (χ1) is 7.87. The van der Waals surface area contributed by atoms with E-state index in [1.165, 1.54) is 0 Å². The summed E-state index contributed by atoms with van der Waals surface area (Å²) >= 11 is 0. The maximum atomic E-state index is 9.84. The highest BCUT2D eigenvalue weighted by atomic mass is 16.5. The summed E-state index contributed by atoms with van der Waals surface area (Å²) in [6.45, 7) is 11.3. The fraction of sp³-hybridized carbons (Fsp3) is 1.00. The number of aliphatic hydroxyl groups excluding tert-OH is 1. The van der Waals surface area contributed by atoms with Crippen molar-refractivity contribution in [1.82, 2.24) is 5.32 Å². The van der Waals surface area contributed by atoms with Crippen molar-refractivity contribution in [3.63, 3.8) is 0 Å². The summed E-state index contributed by atoms with van der Waals surface area (Å²) in [4.78, 5) is 0. The van der Waals surface area contributed by atoms with Gasteiger partial charge in [-0.3, -0.25) is 0 Å². The van der Waals surface area contributed by atoms with E-state index in [-0.39, 0.29) is 11.5 Å². The number of nitrogens with one attached hydrogen (secondary N) is 1. The molecule has 17 heavy (non-hydrogen) atoms. The Hall–Kier alpha value is -0.120. The molecule has 0 unspecified atom stereocenters. The fourth-order valence-corrected chi connectivity index (χ4v) is 2.52. The lowest BCUT2D eigenvalue weighted by Gasteiger charge is -2.37. The number of aliphatic hydroxyl groups is 1. The summed E-state index contributed by atoms with van der Waals surface area (Å²) in [5, 5.41) is 13.5. The molecular weight excluding hydrogens is 214 g/mol. The molecular formula is C14H29NO2. The van der Waals surface area contributed by atoms with Crippen LogP contribution in [0.25, 0.3) is 0 Å². The summed E-state index contributed by atoms with van der Waals surface area (Å²) in [6, 6.07) is 0.526. The maximum Gasteiger partial charge on any atom is 0.0577 e. The monoisotopic (exact) mass is 243 g/mol. The molecule has 1 aliphatic rings. The van der Waals surface area contributed by atoms with Crippen LogP contribution in [0, 0.1) is 5.41 Å². The van der Waals surface area contributed by atoms with Crippen LogP contribution in [0.1, 0.15) is 53.9 Å². The standard InChI is InChI=1S/C14H29NO2/c1-6-14(5,12(4)16)9-15-13-7-10(2)17-11(3)8-13/h10-13,15-16H,6-9H2,1-5H3/t10-,11-,12+,14+/m0/s1. The van der Waals surface area contributed by atoms with Gasteiger partial charge in [0.05, 0.1) is 18.3 Å². The van der Waals surface area contributed by atoms with E-state index in [0.29, 0.717) is 18.2 Å². The minimum Gasteiger partial charge on any atom is -0.393 e. The number of hydrogen-bond donors (Lipinski definition) is 2. The summed E-state index contributed by atoms with van der Waals surface area (Å²) < 4.78 is 5.73. The van der Waals surface area contributed by atoms with Crippen molar-refractivity contribution < 1.29 is 9.84 Å². The first kappa shape index (κ1) is 14.9. The third kappa shape index (κ3) is 4.23. The molecule has 0 radical (unpaired) electrons. The largest absolute Gasteiger partial charge is 0.393 e. The van der Waals surface area contributed by atoms with E-state index >= 15 is 0 Å². The zero-order chi connectivity index (χ0) is 13.1. The van der Waals surface area contributed by atoms with E-state index in [9.17, 15) is 5.11 Å². The predicted octanol–water partition coefficient (Wildman–Crippen LogP) is 2.33. The molecule has 3 heteroatoms. The second kappa shape index (κ2) is 6.17. The lowest BCUT2D eigenvalue weighted by atomic mass is 9.81. The van der Waals surface area contributed by atoms with Gasteiger partial charge in [0.25, 0.3) is 0 Å². The molecule has 102 valence electrons. The van der Waals surface area contributed by atoms with Gasteiger partial charge >= 0.3 is 0 Å². The minimum atomic E-state index is -0.269. The SMILES string of the molecule is CC[C@](C)(CNC1C[C@H](C)O[C@@H](C)C1)[C@@H](C)O. The summed E-state index contributed by atoms with van der Waals surface area (Å²) in [5.74, 6) is 0. The lowest BCUT2D eigenvalue weighted by Crippen LogP contribution is -2.47. The van der Waals surface area contributed by atoms with Crippen LogP contribution in [0.15, 0.2) is 0 Å². The lowest BCUT2D eigenvalue weighted by molar-refractivity contribution is -0.0453. The molecule has 0 aliphatic carbocycles. The summed E-state index contributed by atoms with van der Waals surface area (Å²) in [7, 11) is 0. The van der Waals surface area contributed by atoms with E-state index < -0.39 is 0 Å². The maximum absolute atomic E-state index is 9.84. The Morgan fingerprint density at radius 3 is 2.29 bits per heavy atom. The van der Waals surface area contributed by atoms with Crippen LogP contribution in [0.2, 0.25) is 0 Å². The summed E-state index contributed by atoms with van der Waals surface area (Å²) in [6.07, 6.45) is 3.56. The molecule has 0 saturated carbocycles. The van der Waals surface area contributed by atoms with Gasteiger partial charge in [0.15, 0.2) is 0 Å². The highest BCUT2D eigenvalue weighted by Crippen LogP contribution is 2.26. The third-order valence-electron chi connectivity index (χ3n) is 4.31. The molecule has 1 heterocycles. The van der Waals surface area contributed by atoms with Crippen LogP contribution in [0.5, 0.6) is 0 Å². The zero-order valence-electron chi connectivity index (χ0n) is 12.0. The highest BCUT2D eigenvalue weighted by Gasteiger charge is 2.30. The third-order valence-corrected chi connectivity index (χ3v) is 4.31. The Kier molecular flexibility index (Phi) is 5.42. The second-order valence-electron chi connectivity index (χ2n) is 5.99. The molecule has 0 aromatic heterocycles. The van der Waals surface area contributed by atoms with Gasteiger partial charge in [-0.25, -0.2) is 0 Å². The molecule has 1 rings (SSSR count). The molecule has 0 spiro atoms. The molecule has 3 nitrogen and oxygen atoms in total. The van der Waals surface area contributed by atoms with Gasteiger partial charge in [-0.2, -0.15) is 0 Å². The number of rotatable bonds is 5. The molecule has 0 aromatic rings. The van der Waals surface area contributed by atoms with E-state index in [4.69, 9.17) is 4.74 Å². The first-order valence-corrected chi connectivity index (χ1v) is 6.94. The first-order valence-electron chi connectivity index (χ1n) is 6.94. The average Bonchev–Trinajstić information content (AvgIpc) is 2.24. The van der Waals surface area contributed by atoms with Crippen LogP contribution in [-0.2, 0) is 4.74 Å². The Labute approximate surface area is 106 Å². The van der Waals surface area contributed by atoms with Gasteiger partial charge in [0.1, 0.15) is 0 Å². The van der Waals surface area contributed by atoms with Crippen molar-refractivity contribution in [3.05, 3.63) is 0 Å². The molecule has 0 aromatic carbocycles. The van der Waals surface area contributed by atoms with Gasteiger partial charge < -0.3 is 15.2 Å². The van der Waals surface area contributed by atoms with Crippen LogP contribution in [0.4, 0.5) is 0 Å². The van der Waals surface area contributed by atoms with Gasteiger partial charge in [0, 0.05) is 18.0 Å². The van der Waals surface area contributed by atoms with Crippen LogP contribution < -0.4 is 5.32 Å². The van der Waals surface area contributed by atoms with E-state index in [0.717, 1.165) is 25.8 Å². The number of hydrogen-bond acceptors (Lipinski definition) is 3. The van der Waals surface area contributed by atoms with Gasteiger partial charge in [-0.15, -0.1) is 0 Å². The second-order valence-corrected chi connectivity index (χ2v) is 5.99. The van der Waals surface area contributed by atoms with Gasteiger partial charge in [0.2, 0.25) is 0 Å². The molecule has 4 atom stereocenters. The van der Waals surface area contributed by atoms with Crippen molar-refractivity contribution in [1.29, 1.82) is 0 Å². The Balaban J connectivity index is 2.44. The highest BCUT2D eigenvalue weighted by molar-refractivity contribution is 4.85.